The summed E-state index contributed by atoms with van der Waals surface area (Å²) in [6, 6.07) is 3.59. The van der Waals surface area contributed by atoms with Gasteiger partial charge in [-0.25, -0.2) is 4.98 Å². The van der Waals surface area contributed by atoms with E-state index in [-0.39, 0.29) is 0 Å². The second-order valence-corrected chi connectivity index (χ2v) is 2.71. The topological polar surface area (TPSA) is 54.7 Å². The summed E-state index contributed by atoms with van der Waals surface area (Å²) in [7, 11) is 0. The molecule has 56 valence electrons. The third kappa shape index (κ3) is 1.03. The third-order valence-corrected chi connectivity index (χ3v) is 1.70. The van der Waals surface area contributed by atoms with Gasteiger partial charge in [-0.2, -0.15) is 0 Å². The van der Waals surface area contributed by atoms with E-state index >= 15 is 0 Å². The van der Waals surface area contributed by atoms with Crippen LogP contribution in [0, 0.1) is 0 Å². The van der Waals surface area contributed by atoms with E-state index in [4.69, 9.17) is 17.3 Å². The number of hydrogen-bond acceptors (Lipinski definition) is 2. The number of fused-ring (bicyclic) bond motifs is 1. The fourth-order valence-electron chi connectivity index (χ4n) is 1.03. The Hall–Kier alpha value is -1.22. The van der Waals surface area contributed by atoms with Gasteiger partial charge in [-0.3, -0.25) is 0 Å². The highest BCUT2D eigenvalue weighted by Gasteiger charge is 1.97. The summed E-state index contributed by atoms with van der Waals surface area (Å²) in [6.07, 6.45) is 1.66. The standard InChI is InChI=1S/C7H6ClN3/c8-6-1-4-2-7(9)11-5(4)3-10-6/h1-3,11H,9H2. The Bertz CT molecular complexity index is 393. The van der Waals surface area contributed by atoms with Gasteiger partial charge in [0, 0.05) is 5.39 Å². The number of nitrogens with one attached hydrogen (secondary N) is 1. The molecule has 2 aromatic heterocycles. The maximum atomic E-state index is 5.66. The average Bonchev–Trinajstić information content (AvgIpc) is 2.27. The van der Waals surface area contributed by atoms with Gasteiger partial charge >= 0.3 is 0 Å². The first-order valence-corrected chi connectivity index (χ1v) is 3.53. The van der Waals surface area contributed by atoms with Crippen molar-refractivity contribution < 1.29 is 0 Å². The number of nitrogen functional groups attached to an aromatic ring is 1. The molecule has 0 radical (unpaired) electrons. The highest BCUT2D eigenvalue weighted by Crippen LogP contribution is 2.18. The first-order chi connectivity index (χ1) is 5.25. The number of anilines is 1. The molecule has 0 amide bonds. The van der Waals surface area contributed by atoms with E-state index in [1.54, 1.807) is 12.3 Å². The second-order valence-electron chi connectivity index (χ2n) is 2.32. The molecule has 11 heavy (non-hydrogen) atoms. The Morgan fingerprint density at radius 2 is 2.27 bits per heavy atom. The number of nitrogens with two attached hydrogens (primary N) is 1. The van der Waals surface area contributed by atoms with Crippen LogP contribution in [0.25, 0.3) is 10.9 Å². The molecule has 2 heterocycles. The zero-order valence-corrected chi connectivity index (χ0v) is 6.39. The van der Waals surface area contributed by atoms with E-state index in [1.165, 1.54) is 0 Å². The lowest BCUT2D eigenvalue weighted by Crippen LogP contribution is -1.80. The van der Waals surface area contributed by atoms with Gasteiger partial charge in [0.1, 0.15) is 11.0 Å². The van der Waals surface area contributed by atoms with Crippen LogP contribution in [0.1, 0.15) is 0 Å². The fraction of sp³-hybridized carbons (Fsp3) is 0. The van der Waals surface area contributed by atoms with Gasteiger partial charge in [-0.1, -0.05) is 11.6 Å². The molecule has 3 nitrogen and oxygen atoms in total. The molecule has 0 atom stereocenters. The summed E-state index contributed by atoms with van der Waals surface area (Å²) >= 11 is 5.66. The van der Waals surface area contributed by atoms with Crippen molar-refractivity contribution >= 4 is 28.3 Å². The van der Waals surface area contributed by atoms with Crippen molar-refractivity contribution in [1.82, 2.24) is 9.97 Å². The Kier molecular flexibility index (Phi) is 1.26. The fourth-order valence-corrected chi connectivity index (χ4v) is 1.19. The van der Waals surface area contributed by atoms with Crippen LogP contribution in [-0.4, -0.2) is 9.97 Å². The van der Waals surface area contributed by atoms with Gasteiger partial charge < -0.3 is 10.7 Å². The Balaban J connectivity index is 2.82. The maximum absolute atomic E-state index is 5.66. The molecule has 2 rings (SSSR count). The van der Waals surface area contributed by atoms with Crippen molar-refractivity contribution in [1.29, 1.82) is 0 Å². The lowest BCUT2D eigenvalue weighted by atomic mass is 10.3. The predicted molar refractivity (Wildman–Crippen MR) is 45.5 cm³/mol. The van der Waals surface area contributed by atoms with E-state index < -0.39 is 0 Å². The number of nitrogens with zero attached hydrogens (tertiary/aromatic N) is 1. The molecule has 0 saturated heterocycles. The van der Waals surface area contributed by atoms with Crippen LogP contribution in [-0.2, 0) is 0 Å². The summed E-state index contributed by atoms with van der Waals surface area (Å²) in [6.45, 7) is 0. The third-order valence-electron chi connectivity index (χ3n) is 1.49. The van der Waals surface area contributed by atoms with Crippen LogP contribution >= 0.6 is 11.6 Å². The van der Waals surface area contributed by atoms with Gasteiger partial charge in [-0.15, -0.1) is 0 Å². The van der Waals surface area contributed by atoms with Crippen LogP contribution in [0.2, 0.25) is 5.15 Å². The van der Waals surface area contributed by atoms with E-state index in [0.717, 1.165) is 10.9 Å². The monoisotopic (exact) mass is 167 g/mol. The Labute approximate surface area is 68.2 Å². The first-order valence-electron chi connectivity index (χ1n) is 3.15. The average molecular weight is 168 g/mol. The van der Waals surface area contributed by atoms with Crippen molar-refractivity contribution in [3.05, 3.63) is 23.5 Å². The van der Waals surface area contributed by atoms with Gasteiger partial charge in [0.05, 0.1) is 11.7 Å². The van der Waals surface area contributed by atoms with Crippen molar-refractivity contribution in [3.63, 3.8) is 0 Å². The molecule has 0 spiro atoms. The number of pyridine rings is 1. The molecular formula is C7H6ClN3. The zero-order chi connectivity index (χ0) is 7.84. The second kappa shape index (κ2) is 2.13. The summed E-state index contributed by atoms with van der Waals surface area (Å²) in [5.41, 5.74) is 6.42. The number of hydrogen-bond donors (Lipinski definition) is 2. The molecule has 4 heteroatoms. The van der Waals surface area contributed by atoms with Crippen molar-refractivity contribution in [3.8, 4) is 0 Å². The highest BCUT2D eigenvalue weighted by molar-refractivity contribution is 6.30. The van der Waals surface area contributed by atoms with E-state index in [9.17, 15) is 0 Å². The molecule has 0 aromatic carbocycles. The molecular weight excluding hydrogens is 162 g/mol. The molecule has 0 aliphatic heterocycles. The minimum Gasteiger partial charge on any atom is -0.385 e. The summed E-state index contributed by atoms with van der Waals surface area (Å²) in [5, 5.41) is 1.47. The van der Waals surface area contributed by atoms with Crippen LogP contribution in [0.5, 0.6) is 0 Å². The molecule has 0 aliphatic carbocycles. The lowest BCUT2D eigenvalue weighted by molar-refractivity contribution is 1.34. The van der Waals surface area contributed by atoms with Crippen molar-refractivity contribution in [2.24, 2.45) is 0 Å². The van der Waals surface area contributed by atoms with E-state index in [2.05, 4.69) is 9.97 Å². The van der Waals surface area contributed by atoms with Gasteiger partial charge in [0.15, 0.2) is 0 Å². The summed E-state index contributed by atoms with van der Waals surface area (Å²) in [5.74, 6) is 0.629. The smallest absolute Gasteiger partial charge is 0.129 e. The van der Waals surface area contributed by atoms with Crippen molar-refractivity contribution in [2.75, 3.05) is 5.73 Å². The van der Waals surface area contributed by atoms with Crippen LogP contribution in [0.15, 0.2) is 18.3 Å². The maximum Gasteiger partial charge on any atom is 0.129 e. The predicted octanol–water partition coefficient (Wildman–Crippen LogP) is 1.80. The van der Waals surface area contributed by atoms with Crippen LogP contribution < -0.4 is 5.73 Å². The lowest BCUT2D eigenvalue weighted by Gasteiger charge is -1.87. The summed E-state index contributed by atoms with van der Waals surface area (Å²) < 4.78 is 0. The molecule has 0 saturated carbocycles. The zero-order valence-electron chi connectivity index (χ0n) is 5.63. The van der Waals surface area contributed by atoms with E-state index in [0.29, 0.717) is 11.0 Å². The van der Waals surface area contributed by atoms with Crippen molar-refractivity contribution in [2.45, 2.75) is 0 Å². The molecule has 2 aromatic rings. The summed E-state index contributed by atoms with van der Waals surface area (Å²) in [4.78, 5) is 6.84. The minimum absolute atomic E-state index is 0.483. The first kappa shape index (κ1) is 6.49. The largest absolute Gasteiger partial charge is 0.385 e. The highest BCUT2D eigenvalue weighted by atomic mass is 35.5. The van der Waals surface area contributed by atoms with Crippen LogP contribution in [0.3, 0.4) is 0 Å². The SMILES string of the molecule is Nc1cc2cc(Cl)ncc2[nH]1. The molecule has 0 bridgehead atoms. The van der Waals surface area contributed by atoms with Gasteiger partial charge in [0.25, 0.3) is 0 Å². The number of aromatic amines is 1. The van der Waals surface area contributed by atoms with Crippen LogP contribution in [0.4, 0.5) is 5.82 Å². The molecule has 0 unspecified atom stereocenters. The molecule has 0 fully saturated rings. The van der Waals surface area contributed by atoms with Gasteiger partial charge in [0.2, 0.25) is 0 Å². The molecule has 0 aliphatic rings. The van der Waals surface area contributed by atoms with Gasteiger partial charge in [-0.05, 0) is 12.1 Å². The quantitative estimate of drug-likeness (QED) is 0.588. The Morgan fingerprint density at radius 1 is 1.45 bits per heavy atom. The normalized spacial score (nSPS) is 10.6. The van der Waals surface area contributed by atoms with E-state index in [1.807, 2.05) is 6.07 Å². The Morgan fingerprint density at radius 3 is 3.09 bits per heavy atom. The molecule has 3 N–H and O–H groups in total. The number of H-pyrrole nitrogens is 1. The number of aromatic nitrogens is 2. The number of rotatable bonds is 0. The number of halogens is 1. The minimum atomic E-state index is 0.483.